The fraction of sp³-hybridized carbons (Fsp3) is 0. The number of hydrogen-bond donors (Lipinski definition) is 0. The van der Waals surface area contributed by atoms with Crippen molar-refractivity contribution in [3.05, 3.63) is 285 Å². The molecule has 0 aliphatic carbocycles. The highest BCUT2D eigenvalue weighted by Gasteiger charge is 2.24. The molecule has 16 aromatic carbocycles. The molecule has 3 nitrogen and oxygen atoms in total. The average molecular weight is 1160 g/mol. The zero-order valence-corrected chi connectivity index (χ0v) is 49.4. The van der Waals surface area contributed by atoms with E-state index in [2.05, 4.69) is 299 Å². The number of aromatic nitrogens is 3. The van der Waals surface area contributed by atoms with Gasteiger partial charge in [0.2, 0.25) is 0 Å². The first-order valence-corrected chi connectivity index (χ1v) is 32.3. The number of para-hydroxylation sites is 2. The second-order valence-corrected chi connectivity index (χ2v) is 26.3. The molecule has 21 aromatic rings. The third-order valence-electron chi connectivity index (χ3n) is 19.8. The zero-order valence-electron chi connectivity index (χ0n) is 47.8. The summed E-state index contributed by atoms with van der Waals surface area (Å²) in [6.45, 7) is 0. The van der Waals surface area contributed by atoms with Gasteiger partial charge in [-0.3, -0.25) is 0 Å². The zero-order chi connectivity index (χ0) is 57.7. The predicted octanol–water partition coefficient (Wildman–Crippen LogP) is 24.3. The van der Waals surface area contributed by atoms with Crippen LogP contribution in [0.1, 0.15) is 0 Å². The minimum Gasteiger partial charge on any atom is -0.309 e. The molecular weight excluding hydrogens is 1120 g/mol. The number of thiophene rings is 2. The molecule has 5 aromatic heterocycles. The smallest absolute Gasteiger partial charge is 0.0640 e. The summed E-state index contributed by atoms with van der Waals surface area (Å²) in [6.07, 6.45) is 0. The summed E-state index contributed by atoms with van der Waals surface area (Å²) in [5.41, 5.74) is 13.2. The van der Waals surface area contributed by atoms with Crippen molar-refractivity contribution < 1.29 is 0 Å². The van der Waals surface area contributed by atoms with Crippen molar-refractivity contribution in [2.75, 3.05) is 0 Å². The van der Waals surface area contributed by atoms with Gasteiger partial charge < -0.3 is 13.7 Å². The van der Waals surface area contributed by atoms with E-state index in [-0.39, 0.29) is 0 Å². The predicted molar refractivity (Wildman–Crippen MR) is 386 cm³/mol. The quantitative estimate of drug-likeness (QED) is 0.156. The molecule has 0 atom stereocenters. The number of nitrogens with zero attached hydrogens (tertiary/aromatic N) is 3. The van der Waals surface area contributed by atoms with Gasteiger partial charge in [-0.15, -0.1) is 22.7 Å². The Hall–Kier alpha value is -11.1. The number of benzene rings is 16. The molecule has 0 amide bonds. The molecule has 0 aliphatic heterocycles. The lowest BCUT2D eigenvalue weighted by atomic mass is 9.90. The molecule has 5 heterocycles. The molecule has 0 fully saturated rings. The first-order valence-electron chi connectivity index (χ1n) is 30.6. The monoisotopic (exact) mass is 1160 g/mol. The Bertz CT molecular complexity index is 6740. The van der Waals surface area contributed by atoms with Crippen molar-refractivity contribution in [3.8, 4) is 28.2 Å². The fourth-order valence-electron chi connectivity index (χ4n) is 15.9. The van der Waals surface area contributed by atoms with Crippen LogP contribution in [0, 0.1) is 0 Å². The molecule has 0 radical (unpaired) electrons. The van der Waals surface area contributed by atoms with Crippen molar-refractivity contribution in [1.29, 1.82) is 0 Å². The van der Waals surface area contributed by atoms with Crippen LogP contribution in [0.25, 0.3) is 199 Å². The van der Waals surface area contributed by atoms with Gasteiger partial charge in [-0.25, -0.2) is 0 Å². The summed E-state index contributed by atoms with van der Waals surface area (Å²) in [6, 6.07) is 108. The largest absolute Gasteiger partial charge is 0.309 e. The van der Waals surface area contributed by atoms with Gasteiger partial charge in [0.1, 0.15) is 0 Å². The second-order valence-electron chi connectivity index (χ2n) is 24.2. The molecule has 0 bridgehead atoms. The van der Waals surface area contributed by atoms with Crippen molar-refractivity contribution in [1.82, 2.24) is 13.7 Å². The molecule has 0 saturated heterocycles. The Morgan fingerprint density at radius 1 is 0.180 bits per heavy atom. The Kier molecular flexibility index (Phi) is 9.60. The van der Waals surface area contributed by atoms with Gasteiger partial charge >= 0.3 is 0 Å². The standard InChI is InChI=1S/C84H47N3S2/c1-3-19-53-51(17-1)52-18-2-4-20-54(52)67-46-79-71(44-65(53)67)72-45-66-56-22-6-5-21-55(56)64-41-48(49-36-39-75-69(42-49)58-23-7-11-29-73(58)86(75)77-31-15-27-62-60-25-9-13-33-81(60)88-83(62)77)35-38-57(64)68(66)47-80(72)85(79)50-37-40-76-70(43-50)59-24-8-12-30-74(59)87(76)78-32-16-28-63-61-26-10-14-34-82(61)89-84(63)78/h1-47H. The third-order valence-corrected chi connectivity index (χ3v) is 22.2. The number of hydrogen-bond acceptors (Lipinski definition) is 2. The Labute approximate surface area is 516 Å². The van der Waals surface area contributed by atoms with Crippen molar-refractivity contribution >= 4 is 193 Å². The molecule has 410 valence electrons. The number of fused-ring (bicyclic) bond motifs is 27. The highest BCUT2D eigenvalue weighted by Crippen LogP contribution is 2.48. The van der Waals surface area contributed by atoms with Gasteiger partial charge in [0.15, 0.2) is 0 Å². The van der Waals surface area contributed by atoms with E-state index in [1.54, 1.807) is 0 Å². The normalized spacial score (nSPS) is 12.5. The molecular formula is C84H47N3S2. The van der Waals surface area contributed by atoms with Crippen LogP contribution in [-0.4, -0.2) is 13.7 Å². The van der Waals surface area contributed by atoms with Crippen LogP contribution < -0.4 is 0 Å². The summed E-state index contributed by atoms with van der Waals surface area (Å²) in [5, 5.41) is 27.8. The van der Waals surface area contributed by atoms with Crippen LogP contribution >= 0.6 is 22.7 Å². The Morgan fingerprint density at radius 3 is 1.02 bits per heavy atom. The van der Waals surface area contributed by atoms with Crippen LogP contribution in [0.2, 0.25) is 0 Å². The summed E-state index contributed by atoms with van der Waals surface area (Å²) in [5.74, 6) is 0. The van der Waals surface area contributed by atoms with Crippen LogP contribution in [-0.2, 0) is 0 Å². The fourth-order valence-corrected chi connectivity index (χ4v) is 18.3. The van der Waals surface area contributed by atoms with Gasteiger partial charge in [0, 0.05) is 68.9 Å². The van der Waals surface area contributed by atoms with E-state index in [1.807, 2.05) is 22.7 Å². The van der Waals surface area contributed by atoms with E-state index < -0.39 is 0 Å². The van der Waals surface area contributed by atoms with Crippen LogP contribution in [0.4, 0.5) is 0 Å². The van der Waals surface area contributed by atoms with Crippen molar-refractivity contribution in [2.24, 2.45) is 0 Å². The molecule has 0 N–H and O–H groups in total. The maximum atomic E-state index is 2.58. The average Bonchev–Trinajstić information content (AvgIpc) is 1.72. The van der Waals surface area contributed by atoms with Gasteiger partial charge in [0.05, 0.1) is 53.9 Å². The van der Waals surface area contributed by atoms with Crippen molar-refractivity contribution in [3.63, 3.8) is 0 Å². The summed E-state index contributed by atoms with van der Waals surface area (Å²) < 4.78 is 12.8. The first-order chi connectivity index (χ1) is 44.1. The van der Waals surface area contributed by atoms with E-state index in [0.717, 1.165) is 5.69 Å². The van der Waals surface area contributed by atoms with E-state index in [9.17, 15) is 0 Å². The SMILES string of the molecule is c1ccc2c(c1)sc1c(-n3c4ccccc4c4cc(-c5ccc6c(c5)c5ccccc5c5cc7c8cc9c%10ccccc%10c%10ccccc%10c9cc8n(-c8ccc9c(c8)c8ccccc8n9-c8cccc9c8sc8ccccc89)c7cc65)ccc43)cccc12. The lowest BCUT2D eigenvalue weighted by molar-refractivity contribution is 1.18. The van der Waals surface area contributed by atoms with Gasteiger partial charge in [-0.1, -0.05) is 188 Å². The molecule has 0 spiro atoms. The minimum absolute atomic E-state index is 1.13. The highest BCUT2D eigenvalue weighted by atomic mass is 32.1. The molecule has 0 unspecified atom stereocenters. The van der Waals surface area contributed by atoms with E-state index in [0.29, 0.717) is 0 Å². The lowest BCUT2D eigenvalue weighted by Gasteiger charge is -2.14. The molecule has 0 aliphatic rings. The van der Waals surface area contributed by atoms with Gasteiger partial charge in [0.25, 0.3) is 0 Å². The van der Waals surface area contributed by atoms with E-state index in [1.165, 1.54) is 193 Å². The first kappa shape index (κ1) is 48.1. The van der Waals surface area contributed by atoms with E-state index in [4.69, 9.17) is 0 Å². The van der Waals surface area contributed by atoms with Crippen LogP contribution in [0.5, 0.6) is 0 Å². The van der Waals surface area contributed by atoms with Gasteiger partial charge in [-0.2, -0.15) is 0 Å². The van der Waals surface area contributed by atoms with E-state index >= 15 is 0 Å². The summed E-state index contributed by atoms with van der Waals surface area (Å²) >= 11 is 3.77. The van der Waals surface area contributed by atoms with Crippen LogP contribution in [0.3, 0.4) is 0 Å². The molecule has 0 saturated carbocycles. The molecule has 89 heavy (non-hydrogen) atoms. The molecule has 21 rings (SSSR count). The van der Waals surface area contributed by atoms with Gasteiger partial charge in [-0.05, 0) is 173 Å². The number of rotatable bonds is 4. The maximum absolute atomic E-state index is 2.58. The van der Waals surface area contributed by atoms with Crippen molar-refractivity contribution in [2.45, 2.75) is 0 Å². The minimum atomic E-state index is 1.13. The maximum Gasteiger partial charge on any atom is 0.0640 e. The molecule has 5 heteroatoms. The third kappa shape index (κ3) is 6.54. The Morgan fingerprint density at radius 2 is 0.517 bits per heavy atom. The highest BCUT2D eigenvalue weighted by molar-refractivity contribution is 7.26. The van der Waals surface area contributed by atoms with Crippen LogP contribution in [0.15, 0.2) is 285 Å². The Balaban J connectivity index is 0.813. The second kappa shape index (κ2) is 17.8. The summed E-state index contributed by atoms with van der Waals surface area (Å²) in [7, 11) is 0. The topological polar surface area (TPSA) is 14.8 Å². The lowest BCUT2D eigenvalue weighted by Crippen LogP contribution is -1.96. The summed E-state index contributed by atoms with van der Waals surface area (Å²) in [4.78, 5) is 0.